The summed E-state index contributed by atoms with van der Waals surface area (Å²) in [6, 6.07) is 6.78. The van der Waals surface area contributed by atoms with Gasteiger partial charge in [-0.2, -0.15) is 0 Å². The molecule has 0 saturated carbocycles. The van der Waals surface area contributed by atoms with Crippen molar-refractivity contribution in [3.8, 4) is 0 Å². The van der Waals surface area contributed by atoms with Crippen molar-refractivity contribution in [2.45, 2.75) is 33.7 Å². The van der Waals surface area contributed by atoms with Gasteiger partial charge in [0.2, 0.25) is 0 Å². The minimum Gasteiger partial charge on any atom is -0.307 e. The number of nitrogens with one attached hydrogen (secondary N) is 1. The van der Waals surface area contributed by atoms with Gasteiger partial charge in [0.1, 0.15) is 0 Å². The van der Waals surface area contributed by atoms with E-state index in [0.29, 0.717) is 6.04 Å². The monoisotopic (exact) mass is 281 g/mol. The van der Waals surface area contributed by atoms with Gasteiger partial charge in [-0.1, -0.05) is 40.6 Å². The number of allylic oxidation sites excluding steroid dienone is 1. The highest BCUT2D eigenvalue weighted by Gasteiger charge is 2.09. The predicted octanol–water partition coefficient (Wildman–Crippen LogP) is 4.37. The summed E-state index contributed by atoms with van der Waals surface area (Å²) in [5.41, 5.74) is 4.01. The van der Waals surface area contributed by atoms with E-state index in [0.717, 1.165) is 11.0 Å². The van der Waals surface area contributed by atoms with E-state index in [1.807, 2.05) is 0 Å². The summed E-state index contributed by atoms with van der Waals surface area (Å²) in [4.78, 5) is 0. The lowest BCUT2D eigenvalue weighted by molar-refractivity contribution is 0.641. The zero-order chi connectivity index (χ0) is 12.1. The molecule has 1 unspecified atom stereocenters. The van der Waals surface area contributed by atoms with Gasteiger partial charge in [0, 0.05) is 4.47 Å². The molecule has 0 fully saturated rings. The Morgan fingerprint density at radius 2 is 2.12 bits per heavy atom. The van der Waals surface area contributed by atoms with E-state index in [1.54, 1.807) is 0 Å². The Morgan fingerprint density at radius 3 is 2.62 bits per heavy atom. The molecule has 1 N–H and O–H groups in total. The van der Waals surface area contributed by atoms with E-state index in [1.165, 1.54) is 16.7 Å². The molecule has 0 radical (unpaired) electrons. The normalized spacial score (nSPS) is 12.3. The number of rotatable bonds is 4. The van der Waals surface area contributed by atoms with Gasteiger partial charge >= 0.3 is 0 Å². The van der Waals surface area contributed by atoms with Crippen LogP contribution in [-0.2, 0) is 0 Å². The molecule has 0 heterocycles. The van der Waals surface area contributed by atoms with E-state index < -0.39 is 0 Å². The third-order valence-electron chi connectivity index (χ3n) is 2.49. The van der Waals surface area contributed by atoms with Crippen molar-refractivity contribution in [3.63, 3.8) is 0 Å². The summed E-state index contributed by atoms with van der Waals surface area (Å²) in [5.74, 6) is 0. The molecule has 0 saturated heterocycles. The molecule has 1 rings (SSSR count). The van der Waals surface area contributed by atoms with E-state index in [-0.39, 0.29) is 0 Å². The summed E-state index contributed by atoms with van der Waals surface area (Å²) in [6.45, 7) is 9.55. The highest BCUT2D eigenvalue weighted by molar-refractivity contribution is 9.10. The smallest absolute Gasteiger partial charge is 0.0511 e. The van der Waals surface area contributed by atoms with Crippen molar-refractivity contribution in [1.29, 1.82) is 0 Å². The first kappa shape index (κ1) is 13.5. The highest BCUT2D eigenvalue weighted by Crippen LogP contribution is 2.23. The molecule has 1 aromatic rings. The van der Waals surface area contributed by atoms with Gasteiger partial charge in [0.25, 0.3) is 0 Å². The lowest BCUT2D eigenvalue weighted by Gasteiger charge is -2.17. The average Bonchev–Trinajstić information content (AvgIpc) is 2.16. The van der Waals surface area contributed by atoms with Gasteiger partial charge in [-0.25, -0.2) is 0 Å². The summed E-state index contributed by atoms with van der Waals surface area (Å²) in [6.07, 6.45) is 2.28. The van der Waals surface area contributed by atoms with Crippen molar-refractivity contribution in [2.75, 3.05) is 6.54 Å². The lowest BCUT2D eigenvalue weighted by atomic mass is 9.99. The van der Waals surface area contributed by atoms with Crippen molar-refractivity contribution in [2.24, 2.45) is 0 Å². The second kappa shape index (κ2) is 6.21. The molecule has 0 aliphatic heterocycles. The SMILES string of the molecule is CCNC(C=C(C)C)c1ccc(Br)cc1C. The van der Waals surface area contributed by atoms with Crippen LogP contribution in [0.4, 0.5) is 0 Å². The van der Waals surface area contributed by atoms with Crippen LogP contribution < -0.4 is 5.32 Å². The van der Waals surface area contributed by atoms with E-state index in [4.69, 9.17) is 0 Å². The first-order valence-electron chi connectivity index (χ1n) is 5.69. The Labute approximate surface area is 107 Å². The summed E-state index contributed by atoms with van der Waals surface area (Å²) in [5, 5.41) is 3.50. The van der Waals surface area contributed by atoms with E-state index >= 15 is 0 Å². The third-order valence-corrected chi connectivity index (χ3v) is 2.98. The molecule has 0 spiro atoms. The Balaban J connectivity index is 3.05. The molecule has 0 bridgehead atoms. The Kier molecular flexibility index (Phi) is 5.23. The van der Waals surface area contributed by atoms with Crippen LogP contribution in [0.25, 0.3) is 0 Å². The minimum atomic E-state index is 0.322. The summed E-state index contributed by atoms with van der Waals surface area (Å²) in [7, 11) is 0. The average molecular weight is 282 g/mol. The highest BCUT2D eigenvalue weighted by atomic mass is 79.9. The number of halogens is 1. The Hall–Kier alpha value is -0.600. The topological polar surface area (TPSA) is 12.0 Å². The summed E-state index contributed by atoms with van der Waals surface area (Å²) < 4.78 is 1.14. The zero-order valence-corrected chi connectivity index (χ0v) is 12.1. The second-order valence-electron chi connectivity index (χ2n) is 4.28. The molecular weight excluding hydrogens is 262 g/mol. The standard InChI is InChI=1S/C14H20BrN/c1-5-16-14(8-10(2)3)13-7-6-12(15)9-11(13)4/h6-9,14,16H,5H2,1-4H3. The number of likely N-dealkylation sites (N-methyl/N-ethyl adjacent to an activating group) is 1. The largest absolute Gasteiger partial charge is 0.307 e. The van der Waals surface area contributed by atoms with Crippen LogP contribution in [0, 0.1) is 6.92 Å². The van der Waals surface area contributed by atoms with Gasteiger partial charge in [0.15, 0.2) is 0 Å². The zero-order valence-electron chi connectivity index (χ0n) is 10.5. The molecule has 1 nitrogen and oxygen atoms in total. The van der Waals surface area contributed by atoms with Gasteiger partial charge in [0.05, 0.1) is 6.04 Å². The second-order valence-corrected chi connectivity index (χ2v) is 5.20. The van der Waals surface area contributed by atoms with Crippen molar-refractivity contribution >= 4 is 15.9 Å². The maximum absolute atomic E-state index is 3.50. The van der Waals surface area contributed by atoms with Gasteiger partial charge in [-0.3, -0.25) is 0 Å². The molecule has 0 amide bonds. The first-order chi connectivity index (χ1) is 7.54. The van der Waals surface area contributed by atoms with Crippen LogP contribution in [0.2, 0.25) is 0 Å². The number of hydrogen-bond donors (Lipinski definition) is 1. The molecule has 1 atom stereocenters. The molecule has 0 aliphatic carbocycles. The van der Waals surface area contributed by atoms with Crippen LogP contribution in [0.15, 0.2) is 34.3 Å². The first-order valence-corrected chi connectivity index (χ1v) is 6.48. The Morgan fingerprint density at radius 1 is 1.44 bits per heavy atom. The molecule has 0 aromatic heterocycles. The molecule has 0 aliphatic rings. The fourth-order valence-corrected chi connectivity index (χ4v) is 2.28. The van der Waals surface area contributed by atoms with Crippen LogP contribution in [-0.4, -0.2) is 6.54 Å². The van der Waals surface area contributed by atoms with Crippen molar-refractivity contribution in [3.05, 3.63) is 45.4 Å². The maximum Gasteiger partial charge on any atom is 0.0511 e. The number of benzene rings is 1. The van der Waals surface area contributed by atoms with Crippen LogP contribution in [0.5, 0.6) is 0 Å². The maximum atomic E-state index is 3.50. The van der Waals surface area contributed by atoms with Crippen molar-refractivity contribution < 1.29 is 0 Å². The van der Waals surface area contributed by atoms with Crippen LogP contribution in [0.1, 0.15) is 37.9 Å². The van der Waals surface area contributed by atoms with Gasteiger partial charge in [-0.05, 0) is 50.6 Å². The molecule has 16 heavy (non-hydrogen) atoms. The number of aryl methyl sites for hydroxylation is 1. The summed E-state index contributed by atoms with van der Waals surface area (Å²) >= 11 is 3.50. The van der Waals surface area contributed by atoms with Crippen LogP contribution >= 0.6 is 15.9 Å². The van der Waals surface area contributed by atoms with Crippen molar-refractivity contribution in [1.82, 2.24) is 5.32 Å². The fourth-order valence-electron chi connectivity index (χ4n) is 1.80. The van der Waals surface area contributed by atoms with Gasteiger partial charge < -0.3 is 5.32 Å². The van der Waals surface area contributed by atoms with E-state index in [2.05, 4.69) is 73.2 Å². The predicted molar refractivity (Wildman–Crippen MR) is 74.7 cm³/mol. The Bertz CT molecular complexity index is 378. The molecule has 2 heteroatoms. The van der Waals surface area contributed by atoms with Crippen LogP contribution in [0.3, 0.4) is 0 Å². The molecular formula is C14H20BrN. The lowest BCUT2D eigenvalue weighted by Crippen LogP contribution is -2.20. The fraction of sp³-hybridized carbons (Fsp3) is 0.429. The van der Waals surface area contributed by atoms with E-state index in [9.17, 15) is 0 Å². The molecule has 88 valence electrons. The third kappa shape index (κ3) is 3.76. The van der Waals surface area contributed by atoms with Gasteiger partial charge in [-0.15, -0.1) is 0 Å². The minimum absolute atomic E-state index is 0.322. The quantitative estimate of drug-likeness (QED) is 0.808. The molecule has 1 aromatic carbocycles. The number of hydrogen-bond acceptors (Lipinski definition) is 1.